The van der Waals surface area contributed by atoms with Crippen LogP contribution in [0.5, 0.6) is 0 Å². The van der Waals surface area contributed by atoms with Crippen molar-refractivity contribution in [2.24, 2.45) is 5.92 Å². The summed E-state index contributed by atoms with van der Waals surface area (Å²) in [5.41, 5.74) is 0. The highest BCUT2D eigenvalue weighted by molar-refractivity contribution is 9.10. The average Bonchev–Trinajstić information content (AvgIpc) is 2.28. The largest absolute Gasteiger partial charge is 0.351 e. The van der Waals surface area contributed by atoms with Crippen molar-refractivity contribution in [3.63, 3.8) is 0 Å². The molecule has 0 aliphatic carbocycles. The first-order chi connectivity index (χ1) is 5.62. The molecule has 1 saturated heterocycles. The molecule has 0 N–H and O–H groups in total. The second-order valence-corrected chi connectivity index (χ2v) is 4.82. The van der Waals surface area contributed by atoms with Gasteiger partial charge < -0.3 is 9.47 Å². The van der Waals surface area contributed by atoms with E-state index in [1.54, 1.807) is 0 Å². The van der Waals surface area contributed by atoms with E-state index < -0.39 is 0 Å². The van der Waals surface area contributed by atoms with Crippen LogP contribution in [0.2, 0.25) is 0 Å². The van der Waals surface area contributed by atoms with E-state index in [4.69, 9.17) is 9.47 Å². The summed E-state index contributed by atoms with van der Waals surface area (Å²) in [6.07, 6.45) is 1.76. The number of alkyl halides is 1. The predicted molar refractivity (Wildman–Crippen MR) is 52.4 cm³/mol. The van der Waals surface area contributed by atoms with E-state index in [1.807, 2.05) is 13.0 Å². The molecule has 12 heavy (non-hydrogen) atoms. The molecule has 3 atom stereocenters. The zero-order chi connectivity index (χ0) is 9.19. The Morgan fingerprint density at radius 2 is 2.50 bits per heavy atom. The zero-order valence-corrected chi connectivity index (χ0v) is 9.13. The molecular weight excluding hydrogens is 220 g/mol. The van der Waals surface area contributed by atoms with E-state index >= 15 is 0 Å². The highest BCUT2D eigenvalue weighted by atomic mass is 79.9. The normalized spacial score (nSPS) is 41.6. The molecule has 1 unspecified atom stereocenters. The lowest BCUT2D eigenvalue weighted by atomic mass is 9.97. The molecule has 0 aromatic heterocycles. The Balaban J connectivity index is 2.63. The minimum Gasteiger partial charge on any atom is -0.351 e. The SMILES string of the molecule is C=C[C@@H]1CO[C@H](OCC)C1(C)Br. The van der Waals surface area contributed by atoms with Crippen molar-refractivity contribution in [2.75, 3.05) is 13.2 Å². The molecular formula is C9H15BrO2. The fourth-order valence-electron chi connectivity index (χ4n) is 1.35. The molecule has 0 aromatic rings. The van der Waals surface area contributed by atoms with Gasteiger partial charge in [-0.05, 0) is 13.8 Å². The number of ether oxygens (including phenoxy) is 2. The Kier molecular flexibility index (Phi) is 3.32. The van der Waals surface area contributed by atoms with E-state index in [2.05, 4.69) is 29.4 Å². The Bertz CT molecular complexity index is 168. The number of hydrogen-bond donors (Lipinski definition) is 0. The Morgan fingerprint density at radius 1 is 1.83 bits per heavy atom. The predicted octanol–water partition coefficient (Wildman–Crippen LogP) is 2.33. The van der Waals surface area contributed by atoms with Crippen LogP contribution < -0.4 is 0 Å². The Morgan fingerprint density at radius 3 is 2.92 bits per heavy atom. The van der Waals surface area contributed by atoms with Crippen LogP contribution in [0.3, 0.4) is 0 Å². The van der Waals surface area contributed by atoms with Crippen molar-refractivity contribution >= 4 is 15.9 Å². The van der Waals surface area contributed by atoms with Crippen LogP contribution in [0.25, 0.3) is 0 Å². The lowest BCUT2D eigenvalue weighted by molar-refractivity contribution is -0.116. The molecule has 0 amide bonds. The molecule has 1 aliphatic heterocycles. The third-order valence-electron chi connectivity index (χ3n) is 2.22. The molecule has 2 nitrogen and oxygen atoms in total. The van der Waals surface area contributed by atoms with Gasteiger partial charge in [-0.25, -0.2) is 0 Å². The maximum Gasteiger partial charge on any atom is 0.173 e. The Hall–Kier alpha value is 0.140. The van der Waals surface area contributed by atoms with Gasteiger partial charge in [0.25, 0.3) is 0 Å². The third kappa shape index (κ3) is 1.73. The van der Waals surface area contributed by atoms with Gasteiger partial charge in [0.2, 0.25) is 0 Å². The summed E-state index contributed by atoms with van der Waals surface area (Å²) in [6.45, 7) is 9.18. The third-order valence-corrected chi connectivity index (χ3v) is 3.18. The van der Waals surface area contributed by atoms with E-state index in [-0.39, 0.29) is 10.6 Å². The molecule has 70 valence electrons. The molecule has 0 saturated carbocycles. The fraction of sp³-hybridized carbons (Fsp3) is 0.778. The van der Waals surface area contributed by atoms with Crippen LogP contribution in [0.1, 0.15) is 13.8 Å². The van der Waals surface area contributed by atoms with Gasteiger partial charge in [-0.3, -0.25) is 0 Å². The van der Waals surface area contributed by atoms with Crippen LogP contribution in [0, 0.1) is 5.92 Å². The van der Waals surface area contributed by atoms with Gasteiger partial charge in [0.15, 0.2) is 6.29 Å². The van der Waals surface area contributed by atoms with Crippen LogP contribution in [-0.2, 0) is 9.47 Å². The van der Waals surface area contributed by atoms with Crippen molar-refractivity contribution in [3.05, 3.63) is 12.7 Å². The van der Waals surface area contributed by atoms with Crippen molar-refractivity contribution in [2.45, 2.75) is 24.5 Å². The van der Waals surface area contributed by atoms with Crippen molar-refractivity contribution in [3.8, 4) is 0 Å². The molecule has 1 rings (SSSR count). The van der Waals surface area contributed by atoms with E-state index in [9.17, 15) is 0 Å². The molecule has 1 heterocycles. The number of rotatable bonds is 3. The molecule has 1 aliphatic rings. The number of hydrogen-bond acceptors (Lipinski definition) is 2. The zero-order valence-electron chi connectivity index (χ0n) is 7.55. The fourth-order valence-corrected chi connectivity index (χ4v) is 1.94. The highest BCUT2D eigenvalue weighted by Crippen LogP contribution is 2.40. The smallest absolute Gasteiger partial charge is 0.173 e. The van der Waals surface area contributed by atoms with E-state index in [1.165, 1.54) is 0 Å². The summed E-state index contributed by atoms with van der Waals surface area (Å²) in [5.74, 6) is 0.328. The lowest BCUT2D eigenvalue weighted by Crippen LogP contribution is -2.35. The summed E-state index contributed by atoms with van der Waals surface area (Å²) < 4.78 is 10.8. The summed E-state index contributed by atoms with van der Waals surface area (Å²) in [4.78, 5) is 0. The van der Waals surface area contributed by atoms with Crippen LogP contribution in [0.4, 0.5) is 0 Å². The maximum atomic E-state index is 5.47. The first-order valence-electron chi connectivity index (χ1n) is 4.17. The quantitative estimate of drug-likeness (QED) is 0.552. The monoisotopic (exact) mass is 234 g/mol. The van der Waals surface area contributed by atoms with Gasteiger partial charge in [-0.2, -0.15) is 0 Å². The molecule has 0 aromatic carbocycles. The highest BCUT2D eigenvalue weighted by Gasteiger charge is 2.45. The van der Waals surface area contributed by atoms with Gasteiger partial charge in [-0.15, -0.1) is 6.58 Å². The minimum absolute atomic E-state index is 0.120. The van der Waals surface area contributed by atoms with Crippen molar-refractivity contribution < 1.29 is 9.47 Å². The summed E-state index contributed by atoms with van der Waals surface area (Å²) in [5, 5.41) is 0. The summed E-state index contributed by atoms with van der Waals surface area (Å²) in [6, 6.07) is 0. The standard InChI is InChI=1S/C9H15BrO2/c1-4-7-6-12-8(11-5-2)9(7,3)10/h4,7-8H,1,5-6H2,2-3H3/t7-,8+,9?/m1/s1. The molecule has 3 heteroatoms. The van der Waals surface area contributed by atoms with Gasteiger partial charge >= 0.3 is 0 Å². The van der Waals surface area contributed by atoms with E-state index in [0.29, 0.717) is 19.1 Å². The minimum atomic E-state index is -0.148. The van der Waals surface area contributed by atoms with E-state index in [0.717, 1.165) is 0 Å². The maximum absolute atomic E-state index is 5.47. The van der Waals surface area contributed by atoms with Crippen molar-refractivity contribution in [1.82, 2.24) is 0 Å². The second-order valence-electron chi connectivity index (χ2n) is 3.11. The molecule has 0 spiro atoms. The van der Waals surface area contributed by atoms with Crippen LogP contribution in [0.15, 0.2) is 12.7 Å². The summed E-state index contributed by atoms with van der Waals surface area (Å²) in [7, 11) is 0. The first-order valence-corrected chi connectivity index (χ1v) is 4.97. The topological polar surface area (TPSA) is 18.5 Å². The molecule has 0 radical (unpaired) electrons. The van der Waals surface area contributed by atoms with Crippen molar-refractivity contribution in [1.29, 1.82) is 0 Å². The van der Waals surface area contributed by atoms with Gasteiger partial charge in [0, 0.05) is 12.5 Å². The van der Waals surface area contributed by atoms with Gasteiger partial charge in [0.1, 0.15) is 0 Å². The molecule has 1 fully saturated rings. The van der Waals surface area contributed by atoms with Gasteiger partial charge in [-0.1, -0.05) is 22.0 Å². The van der Waals surface area contributed by atoms with Crippen LogP contribution in [-0.4, -0.2) is 23.8 Å². The van der Waals surface area contributed by atoms with Gasteiger partial charge in [0.05, 0.1) is 10.9 Å². The second kappa shape index (κ2) is 3.90. The summed E-state index contributed by atoms with van der Waals surface area (Å²) >= 11 is 3.62. The Labute approximate surface area is 82.1 Å². The average molecular weight is 235 g/mol. The van der Waals surface area contributed by atoms with Crippen LogP contribution >= 0.6 is 15.9 Å². The lowest BCUT2D eigenvalue weighted by Gasteiger charge is -2.26. The first kappa shape index (κ1) is 10.2. The number of halogens is 1. The molecule has 0 bridgehead atoms.